The lowest BCUT2D eigenvalue weighted by atomic mass is 9.78. The van der Waals surface area contributed by atoms with Gasteiger partial charge in [0.15, 0.2) is 0 Å². The van der Waals surface area contributed by atoms with E-state index in [1.165, 1.54) is 78.5 Å². The molecule has 1 aliphatic carbocycles. The van der Waals surface area contributed by atoms with E-state index >= 15 is 0 Å². The number of furan rings is 2. The van der Waals surface area contributed by atoms with Crippen molar-refractivity contribution in [2.75, 3.05) is 0 Å². The van der Waals surface area contributed by atoms with Gasteiger partial charge in [0.1, 0.15) is 22.7 Å². The Hall–Kier alpha value is -6.12. The van der Waals surface area contributed by atoms with E-state index < -0.39 is 0 Å². The van der Waals surface area contributed by atoms with Crippen LogP contribution in [0.1, 0.15) is 37.8 Å². The molecule has 1 fully saturated rings. The van der Waals surface area contributed by atoms with E-state index in [-0.39, 0.29) is 5.41 Å². The van der Waals surface area contributed by atoms with Gasteiger partial charge in [-0.05, 0) is 128 Å². The van der Waals surface area contributed by atoms with E-state index in [0.29, 0.717) is 0 Å². The summed E-state index contributed by atoms with van der Waals surface area (Å²) in [5.41, 5.74) is 11.6. The van der Waals surface area contributed by atoms with Crippen molar-refractivity contribution in [2.45, 2.75) is 39.0 Å². The van der Waals surface area contributed by atoms with Gasteiger partial charge < -0.3 is 8.83 Å². The number of fused-ring (bicyclic) bond motifs is 2. The second-order valence-corrected chi connectivity index (χ2v) is 15.8. The number of benzene rings is 8. The van der Waals surface area contributed by atoms with Gasteiger partial charge in [-0.25, -0.2) is 0 Å². The summed E-state index contributed by atoms with van der Waals surface area (Å²) in [7, 11) is 0. The van der Waals surface area contributed by atoms with Crippen LogP contribution >= 0.6 is 0 Å². The zero-order chi connectivity index (χ0) is 35.4. The summed E-state index contributed by atoms with van der Waals surface area (Å²) >= 11 is 0. The van der Waals surface area contributed by atoms with Gasteiger partial charge in [0.25, 0.3) is 0 Å². The molecule has 0 spiro atoms. The Morgan fingerprint density at radius 3 is 1.51 bits per heavy atom. The van der Waals surface area contributed by atoms with E-state index in [0.717, 1.165) is 50.5 Å². The van der Waals surface area contributed by atoms with Gasteiger partial charge in [-0.15, -0.1) is 0 Å². The smallest absolute Gasteiger partial charge is 0.136 e. The van der Waals surface area contributed by atoms with Crippen LogP contribution in [0.25, 0.3) is 99.2 Å². The van der Waals surface area contributed by atoms with E-state index in [1.807, 2.05) is 12.1 Å². The first-order chi connectivity index (χ1) is 25.9. The number of aryl methyl sites for hydroxylation is 1. The van der Waals surface area contributed by atoms with E-state index in [4.69, 9.17) is 8.83 Å². The molecule has 254 valence electrons. The Morgan fingerprint density at radius 1 is 0.472 bits per heavy atom. The van der Waals surface area contributed by atoms with Crippen LogP contribution in [0.5, 0.6) is 0 Å². The number of para-hydroxylation sites is 2. The summed E-state index contributed by atoms with van der Waals surface area (Å²) in [6.07, 6.45) is 2.62. The quantitative estimate of drug-likeness (QED) is 0.163. The third-order valence-electron chi connectivity index (χ3n) is 12.2. The summed E-state index contributed by atoms with van der Waals surface area (Å²) in [5.74, 6) is 2.50. The minimum atomic E-state index is 0.131. The zero-order valence-electron chi connectivity index (χ0n) is 30.2. The molecule has 1 aliphatic rings. The van der Waals surface area contributed by atoms with Crippen molar-refractivity contribution in [2.24, 2.45) is 5.92 Å². The summed E-state index contributed by atoms with van der Waals surface area (Å²) in [5, 5.41) is 9.57. The highest BCUT2D eigenvalue weighted by atomic mass is 16.3. The van der Waals surface area contributed by atoms with Crippen LogP contribution in [0.3, 0.4) is 0 Å². The Balaban J connectivity index is 1.28. The van der Waals surface area contributed by atoms with Crippen molar-refractivity contribution in [1.29, 1.82) is 0 Å². The molecule has 0 unspecified atom stereocenters. The second kappa shape index (κ2) is 11.2. The van der Waals surface area contributed by atoms with Gasteiger partial charge >= 0.3 is 0 Å². The molecule has 0 saturated heterocycles. The van der Waals surface area contributed by atoms with Gasteiger partial charge in [0.05, 0.1) is 0 Å². The Morgan fingerprint density at radius 2 is 0.981 bits per heavy atom. The number of rotatable bonds is 6. The van der Waals surface area contributed by atoms with Crippen LogP contribution in [-0.2, 0) is 5.41 Å². The molecule has 0 N–H and O–H groups in total. The third kappa shape index (κ3) is 4.71. The number of hydrogen-bond acceptors (Lipinski definition) is 2. The molecule has 10 aromatic rings. The predicted octanol–water partition coefficient (Wildman–Crippen LogP) is 14.7. The monoisotopic (exact) mass is 682 g/mol. The highest BCUT2D eigenvalue weighted by molar-refractivity contribution is 6.31. The summed E-state index contributed by atoms with van der Waals surface area (Å²) in [4.78, 5) is 0. The maximum atomic E-state index is 6.67. The molecule has 1 saturated carbocycles. The molecule has 0 radical (unpaired) electrons. The van der Waals surface area contributed by atoms with Crippen LogP contribution in [0.15, 0.2) is 154 Å². The summed E-state index contributed by atoms with van der Waals surface area (Å²) < 4.78 is 13.3. The normalized spacial score (nSPS) is 13.7. The van der Waals surface area contributed by atoms with Gasteiger partial charge in [-0.3, -0.25) is 0 Å². The van der Waals surface area contributed by atoms with Gasteiger partial charge in [0.2, 0.25) is 0 Å². The molecule has 2 heteroatoms. The van der Waals surface area contributed by atoms with E-state index in [2.05, 4.69) is 154 Å². The van der Waals surface area contributed by atoms with Crippen LogP contribution < -0.4 is 0 Å². The molecule has 2 aromatic heterocycles. The fourth-order valence-corrected chi connectivity index (χ4v) is 8.97. The molecule has 0 amide bonds. The average Bonchev–Trinajstić information content (AvgIpc) is 3.84. The minimum Gasteiger partial charge on any atom is -0.456 e. The largest absolute Gasteiger partial charge is 0.456 e. The molecular weight excluding hydrogens is 645 g/mol. The molecule has 53 heavy (non-hydrogen) atoms. The van der Waals surface area contributed by atoms with Crippen molar-refractivity contribution in [3.63, 3.8) is 0 Å². The predicted molar refractivity (Wildman–Crippen MR) is 222 cm³/mol. The molecule has 11 rings (SSSR count). The van der Waals surface area contributed by atoms with Crippen LogP contribution in [0.2, 0.25) is 0 Å². The van der Waals surface area contributed by atoms with Crippen LogP contribution in [-0.4, -0.2) is 0 Å². The standard InChI is InChI=1S/C51H38O2/c1-30-15-17-31(18-16-30)41-28-43(47-26-33-9-4-6-13-45(33)52-47)39-24-22-38-42(32-11-8-12-36(25-32)51(2,3)35-19-20-35)29-44(40-23-21-37(41)49(39)50(38)40)48-27-34-10-5-7-14-46(34)53-48/h4-18,21-29,35H,19-20H2,1-3H3. The SMILES string of the molecule is Cc1ccc(-c2cc(-c3cc4ccccc4o3)c3ccc4c(-c5cccc(C(C)(C)C6CC6)c5)cc(-c5cc6ccccc6o5)c5ccc2c3c45)cc1. The second-order valence-electron chi connectivity index (χ2n) is 15.8. The van der Waals surface area contributed by atoms with Crippen molar-refractivity contribution >= 4 is 54.3 Å². The van der Waals surface area contributed by atoms with Gasteiger partial charge in [-0.2, -0.15) is 0 Å². The molecule has 8 aromatic carbocycles. The van der Waals surface area contributed by atoms with Crippen LogP contribution in [0.4, 0.5) is 0 Å². The third-order valence-corrected chi connectivity index (χ3v) is 12.2. The first-order valence-corrected chi connectivity index (χ1v) is 18.8. The van der Waals surface area contributed by atoms with Gasteiger partial charge in [-0.1, -0.05) is 129 Å². The fourth-order valence-electron chi connectivity index (χ4n) is 8.97. The zero-order valence-corrected chi connectivity index (χ0v) is 30.2. The number of hydrogen-bond donors (Lipinski definition) is 0. The summed E-state index contributed by atoms with van der Waals surface area (Å²) in [6, 6.07) is 53.3. The fraction of sp³-hybridized carbons (Fsp3) is 0.137. The Labute approximate surface area is 308 Å². The minimum absolute atomic E-state index is 0.131. The molecule has 2 heterocycles. The highest BCUT2D eigenvalue weighted by Crippen LogP contribution is 2.51. The molecule has 0 bridgehead atoms. The maximum Gasteiger partial charge on any atom is 0.136 e. The van der Waals surface area contributed by atoms with E-state index in [9.17, 15) is 0 Å². The van der Waals surface area contributed by atoms with Gasteiger partial charge in [0, 0.05) is 21.9 Å². The van der Waals surface area contributed by atoms with Crippen molar-refractivity contribution in [3.05, 3.63) is 157 Å². The molecule has 0 aliphatic heterocycles. The average molecular weight is 683 g/mol. The lowest BCUT2D eigenvalue weighted by Crippen LogP contribution is -2.19. The molecule has 0 atom stereocenters. The highest BCUT2D eigenvalue weighted by Gasteiger charge is 2.39. The Kier molecular flexibility index (Phi) is 6.44. The first kappa shape index (κ1) is 30.5. The van der Waals surface area contributed by atoms with Crippen molar-refractivity contribution in [3.8, 4) is 44.9 Å². The van der Waals surface area contributed by atoms with E-state index in [1.54, 1.807) is 0 Å². The van der Waals surface area contributed by atoms with Crippen molar-refractivity contribution in [1.82, 2.24) is 0 Å². The molecular formula is C51H38O2. The lowest BCUT2D eigenvalue weighted by molar-refractivity contribution is 0.454. The first-order valence-electron chi connectivity index (χ1n) is 18.8. The van der Waals surface area contributed by atoms with Crippen molar-refractivity contribution < 1.29 is 8.83 Å². The Bertz CT molecular complexity index is 2970. The summed E-state index contributed by atoms with van der Waals surface area (Å²) in [6.45, 7) is 6.98. The molecule has 2 nitrogen and oxygen atoms in total. The topological polar surface area (TPSA) is 26.3 Å². The maximum absolute atomic E-state index is 6.67. The van der Waals surface area contributed by atoms with Crippen LogP contribution in [0, 0.1) is 12.8 Å². The lowest BCUT2D eigenvalue weighted by Gasteiger charge is -2.26.